The monoisotopic (exact) mass is 286 g/mol. The summed E-state index contributed by atoms with van der Waals surface area (Å²) in [6, 6.07) is 7.05. The highest BCUT2D eigenvalue weighted by Crippen LogP contribution is 2.23. The first-order valence-electron chi connectivity index (χ1n) is 6.22. The molecule has 0 aliphatic heterocycles. The number of thiazole rings is 1. The fraction of sp³-hybridized carbons (Fsp3) is 0.143. The third-order valence-corrected chi connectivity index (χ3v) is 3.73. The van der Waals surface area contributed by atoms with Gasteiger partial charge in [-0.2, -0.15) is 0 Å². The van der Waals surface area contributed by atoms with Gasteiger partial charge in [-0.05, 0) is 19.1 Å². The molecule has 102 valence electrons. The van der Waals surface area contributed by atoms with E-state index in [9.17, 15) is 4.79 Å². The zero-order valence-electron chi connectivity index (χ0n) is 10.9. The van der Waals surface area contributed by atoms with Crippen molar-refractivity contribution in [1.29, 1.82) is 0 Å². The molecule has 3 aromatic rings. The van der Waals surface area contributed by atoms with Crippen molar-refractivity contribution in [1.82, 2.24) is 9.38 Å². The molecule has 0 fully saturated rings. The maximum atomic E-state index is 11.5. The number of rotatable bonds is 3. The molecule has 20 heavy (non-hydrogen) atoms. The average Bonchev–Trinajstić information content (AvgIpc) is 3.00. The van der Waals surface area contributed by atoms with Gasteiger partial charge in [0.1, 0.15) is 0 Å². The fourth-order valence-electron chi connectivity index (χ4n) is 1.85. The average molecular weight is 286 g/mol. The molecule has 0 bridgehead atoms. The predicted octanol–water partition coefficient (Wildman–Crippen LogP) is 2.35. The van der Waals surface area contributed by atoms with E-state index in [-0.39, 0.29) is 5.91 Å². The minimum absolute atomic E-state index is 0.194. The van der Waals surface area contributed by atoms with Crippen molar-refractivity contribution in [2.45, 2.75) is 13.0 Å². The van der Waals surface area contributed by atoms with Crippen molar-refractivity contribution >= 4 is 27.9 Å². The molecule has 1 atom stereocenters. The first-order valence-corrected chi connectivity index (χ1v) is 7.10. The smallest absolute Gasteiger partial charge is 0.240 e. The lowest BCUT2D eigenvalue weighted by molar-refractivity contribution is -0.117. The molecule has 0 spiro atoms. The minimum Gasteiger partial charge on any atom is -0.325 e. The third-order valence-electron chi connectivity index (χ3n) is 2.96. The maximum absolute atomic E-state index is 11.5. The predicted molar refractivity (Wildman–Crippen MR) is 80.8 cm³/mol. The first-order chi connectivity index (χ1) is 9.63. The summed E-state index contributed by atoms with van der Waals surface area (Å²) in [6.45, 7) is 1.65. The lowest BCUT2D eigenvalue weighted by atomic mass is 10.1. The van der Waals surface area contributed by atoms with E-state index < -0.39 is 6.04 Å². The number of nitrogens with one attached hydrogen (secondary N) is 1. The fourth-order valence-corrected chi connectivity index (χ4v) is 2.55. The second-order valence-electron chi connectivity index (χ2n) is 4.57. The quantitative estimate of drug-likeness (QED) is 0.776. The van der Waals surface area contributed by atoms with Gasteiger partial charge in [-0.25, -0.2) is 4.98 Å². The lowest BCUT2D eigenvalue weighted by Gasteiger charge is -2.07. The number of anilines is 1. The molecule has 0 aliphatic carbocycles. The van der Waals surface area contributed by atoms with Crippen molar-refractivity contribution in [3.63, 3.8) is 0 Å². The van der Waals surface area contributed by atoms with E-state index in [1.54, 1.807) is 18.3 Å². The van der Waals surface area contributed by atoms with Crippen LogP contribution in [0.3, 0.4) is 0 Å². The molecule has 6 heteroatoms. The molecule has 1 amide bonds. The zero-order valence-corrected chi connectivity index (χ0v) is 11.7. The van der Waals surface area contributed by atoms with Gasteiger partial charge < -0.3 is 11.1 Å². The molecule has 0 radical (unpaired) electrons. The molecule has 5 nitrogen and oxygen atoms in total. The van der Waals surface area contributed by atoms with Crippen LogP contribution in [0, 0.1) is 0 Å². The van der Waals surface area contributed by atoms with Gasteiger partial charge >= 0.3 is 0 Å². The minimum atomic E-state index is -0.519. The standard InChI is InChI=1S/C14H14N4OS/c1-9(15)13(19)16-11-4-2-10(3-5-11)12-8-18-6-7-20-14(18)17-12/h2-9H,15H2,1H3,(H,16,19)/t9-/m0/s1. The topological polar surface area (TPSA) is 72.4 Å². The SMILES string of the molecule is C[C@H](N)C(=O)Nc1ccc(-c2cn3ccsc3n2)cc1. The van der Waals surface area contributed by atoms with Crippen LogP contribution in [0.15, 0.2) is 42.0 Å². The van der Waals surface area contributed by atoms with Gasteiger partial charge in [-0.3, -0.25) is 9.20 Å². The number of nitrogens with zero attached hydrogens (tertiary/aromatic N) is 2. The van der Waals surface area contributed by atoms with Crippen molar-refractivity contribution in [2.24, 2.45) is 5.73 Å². The van der Waals surface area contributed by atoms with Crippen LogP contribution in [-0.4, -0.2) is 21.3 Å². The van der Waals surface area contributed by atoms with Gasteiger partial charge in [-0.1, -0.05) is 12.1 Å². The summed E-state index contributed by atoms with van der Waals surface area (Å²) in [7, 11) is 0. The highest BCUT2D eigenvalue weighted by molar-refractivity contribution is 7.15. The maximum Gasteiger partial charge on any atom is 0.240 e. The van der Waals surface area contributed by atoms with Crippen LogP contribution in [0.1, 0.15) is 6.92 Å². The summed E-state index contributed by atoms with van der Waals surface area (Å²) in [4.78, 5) is 17.0. The summed E-state index contributed by atoms with van der Waals surface area (Å²) in [5.41, 5.74) is 8.18. The number of amides is 1. The highest BCUT2D eigenvalue weighted by Gasteiger charge is 2.08. The number of aromatic nitrogens is 2. The Bertz CT molecular complexity index is 713. The Labute approximate surface area is 120 Å². The summed E-state index contributed by atoms with van der Waals surface area (Å²) < 4.78 is 1.99. The summed E-state index contributed by atoms with van der Waals surface area (Å²) in [5.74, 6) is -0.194. The Morgan fingerprint density at radius 1 is 1.40 bits per heavy atom. The number of hydrogen-bond donors (Lipinski definition) is 2. The van der Waals surface area contributed by atoms with Gasteiger partial charge in [0.25, 0.3) is 0 Å². The summed E-state index contributed by atoms with van der Waals surface area (Å²) >= 11 is 1.60. The number of nitrogens with two attached hydrogens (primary N) is 1. The van der Waals surface area contributed by atoms with Crippen molar-refractivity contribution in [3.05, 3.63) is 42.0 Å². The summed E-state index contributed by atoms with van der Waals surface area (Å²) in [5, 5.41) is 4.75. The Morgan fingerprint density at radius 3 is 2.80 bits per heavy atom. The number of carbonyl (C=O) groups excluding carboxylic acids is 1. The van der Waals surface area contributed by atoms with Crippen molar-refractivity contribution < 1.29 is 4.79 Å². The number of imidazole rings is 1. The molecular formula is C14H14N4OS. The van der Waals surface area contributed by atoms with E-state index in [2.05, 4.69) is 10.3 Å². The van der Waals surface area contributed by atoms with E-state index in [0.29, 0.717) is 0 Å². The molecule has 2 aromatic heterocycles. The van der Waals surface area contributed by atoms with Crippen LogP contribution in [0.5, 0.6) is 0 Å². The van der Waals surface area contributed by atoms with Crippen LogP contribution in [0.4, 0.5) is 5.69 Å². The molecule has 0 unspecified atom stereocenters. The van der Waals surface area contributed by atoms with Crippen molar-refractivity contribution in [3.8, 4) is 11.3 Å². The van der Waals surface area contributed by atoms with Gasteiger partial charge in [0, 0.05) is 29.0 Å². The lowest BCUT2D eigenvalue weighted by Crippen LogP contribution is -2.32. The van der Waals surface area contributed by atoms with E-state index >= 15 is 0 Å². The molecule has 0 aliphatic rings. The Hall–Kier alpha value is -2.18. The van der Waals surface area contributed by atoms with Gasteiger partial charge in [-0.15, -0.1) is 11.3 Å². The second-order valence-corrected chi connectivity index (χ2v) is 5.45. The zero-order chi connectivity index (χ0) is 14.1. The van der Waals surface area contributed by atoms with Crippen molar-refractivity contribution in [2.75, 3.05) is 5.32 Å². The number of hydrogen-bond acceptors (Lipinski definition) is 4. The van der Waals surface area contributed by atoms with Crippen LogP contribution in [0.2, 0.25) is 0 Å². The number of carbonyl (C=O) groups is 1. The van der Waals surface area contributed by atoms with Crippen LogP contribution in [0.25, 0.3) is 16.2 Å². The molecule has 0 saturated carbocycles. The molecule has 3 N–H and O–H groups in total. The number of benzene rings is 1. The molecule has 3 rings (SSSR count). The van der Waals surface area contributed by atoms with Crippen LogP contribution >= 0.6 is 11.3 Å². The third kappa shape index (κ3) is 2.43. The van der Waals surface area contributed by atoms with Gasteiger partial charge in [0.15, 0.2) is 4.96 Å². The van der Waals surface area contributed by atoms with E-state index in [1.807, 2.05) is 46.4 Å². The van der Waals surface area contributed by atoms with Gasteiger partial charge in [0.2, 0.25) is 5.91 Å². The first kappa shape index (κ1) is 12.8. The summed E-state index contributed by atoms with van der Waals surface area (Å²) in [6.07, 6.45) is 3.97. The van der Waals surface area contributed by atoms with E-state index in [4.69, 9.17) is 5.73 Å². The normalized spacial score (nSPS) is 12.5. The number of fused-ring (bicyclic) bond motifs is 1. The second kappa shape index (κ2) is 5.07. The highest BCUT2D eigenvalue weighted by atomic mass is 32.1. The van der Waals surface area contributed by atoms with E-state index in [0.717, 1.165) is 21.9 Å². The van der Waals surface area contributed by atoms with E-state index in [1.165, 1.54) is 0 Å². The van der Waals surface area contributed by atoms with Crippen LogP contribution in [-0.2, 0) is 4.79 Å². The Morgan fingerprint density at radius 2 is 2.15 bits per heavy atom. The van der Waals surface area contributed by atoms with Gasteiger partial charge in [0.05, 0.1) is 11.7 Å². The molecular weight excluding hydrogens is 272 g/mol. The Balaban J connectivity index is 1.82. The Kier molecular flexibility index (Phi) is 3.25. The molecule has 1 aromatic carbocycles. The van der Waals surface area contributed by atoms with Crippen LogP contribution < -0.4 is 11.1 Å². The molecule has 2 heterocycles. The molecule has 0 saturated heterocycles. The largest absolute Gasteiger partial charge is 0.325 e.